The van der Waals surface area contributed by atoms with E-state index in [4.69, 9.17) is 26.4 Å². The molecule has 0 aliphatic carbocycles. The van der Waals surface area contributed by atoms with Gasteiger partial charge in [0, 0.05) is 5.56 Å². The van der Waals surface area contributed by atoms with Gasteiger partial charge in [0.25, 0.3) is 5.91 Å². The van der Waals surface area contributed by atoms with Gasteiger partial charge < -0.3 is 26.3 Å². The standard InChI is InChI=1S/C26H33N5O6S.2ClH/c1-2-36-24(32)17-38(34,35)31(14-4-6-18-5-3-7-19(15-18)25(27)28)20-8-9-23(22(16-20)26(29)33)37-21-10-12-30-13-11-21;;/h3-9,15-16,21,30H,2,10-14,17H2,1H3,(H3,27,28)(H2,29,33);2*1H/b6-4+;;. The maximum Gasteiger partial charge on any atom is 0.323 e. The molecule has 1 saturated heterocycles. The summed E-state index contributed by atoms with van der Waals surface area (Å²) in [6, 6.07) is 11.3. The summed E-state index contributed by atoms with van der Waals surface area (Å²) in [5, 5.41) is 10.8. The molecular weight excluding hydrogens is 581 g/mol. The van der Waals surface area contributed by atoms with Crippen molar-refractivity contribution >= 4 is 64.3 Å². The number of amidine groups is 1. The first kappa shape index (κ1) is 34.7. The minimum absolute atomic E-state index is 0. The zero-order valence-electron chi connectivity index (χ0n) is 22.0. The van der Waals surface area contributed by atoms with E-state index in [1.54, 1.807) is 43.3 Å². The smallest absolute Gasteiger partial charge is 0.323 e. The van der Waals surface area contributed by atoms with Crippen molar-refractivity contribution < 1.29 is 27.5 Å². The molecule has 0 unspecified atom stereocenters. The molecule has 0 atom stereocenters. The number of hydrogen-bond donors (Lipinski definition) is 4. The number of nitrogens with one attached hydrogen (secondary N) is 2. The Morgan fingerprint density at radius 3 is 2.45 bits per heavy atom. The van der Waals surface area contributed by atoms with E-state index in [0.717, 1.165) is 30.2 Å². The molecule has 1 aliphatic heterocycles. The highest BCUT2D eigenvalue weighted by Gasteiger charge is 2.27. The summed E-state index contributed by atoms with van der Waals surface area (Å²) in [6.45, 7) is 3.04. The van der Waals surface area contributed by atoms with Crippen LogP contribution in [0.2, 0.25) is 0 Å². The SMILES string of the molecule is CCOC(=O)CS(=O)(=O)N(C/C=C/c1cccc(C(=N)N)c1)c1ccc(OC2CCNCC2)c(C(N)=O)c1.Cl.Cl. The van der Waals surface area contributed by atoms with Gasteiger partial charge in [-0.3, -0.25) is 19.3 Å². The highest BCUT2D eigenvalue weighted by atomic mass is 35.5. The Labute approximate surface area is 246 Å². The van der Waals surface area contributed by atoms with Crippen molar-refractivity contribution in [2.75, 3.05) is 36.3 Å². The predicted octanol–water partition coefficient (Wildman–Crippen LogP) is 2.46. The first-order valence-electron chi connectivity index (χ1n) is 12.2. The van der Waals surface area contributed by atoms with Crippen molar-refractivity contribution in [2.24, 2.45) is 11.5 Å². The van der Waals surface area contributed by atoms with E-state index in [-0.39, 0.29) is 66.9 Å². The Kier molecular flexibility index (Phi) is 13.9. The third kappa shape index (κ3) is 9.70. The molecule has 14 heteroatoms. The molecule has 2 aromatic rings. The van der Waals surface area contributed by atoms with Gasteiger partial charge in [0.15, 0.2) is 5.75 Å². The predicted molar refractivity (Wildman–Crippen MR) is 160 cm³/mol. The molecule has 220 valence electrons. The van der Waals surface area contributed by atoms with Crippen molar-refractivity contribution in [2.45, 2.75) is 25.9 Å². The number of nitrogens with zero attached hydrogens (tertiary/aromatic N) is 1. The second-order valence-corrected chi connectivity index (χ2v) is 10.5. The fourth-order valence-electron chi connectivity index (χ4n) is 3.96. The fraction of sp³-hybridized carbons (Fsp3) is 0.346. The van der Waals surface area contributed by atoms with Gasteiger partial charge in [-0.2, -0.15) is 0 Å². The Hall–Kier alpha value is -3.32. The van der Waals surface area contributed by atoms with Crippen LogP contribution >= 0.6 is 24.8 Å². The molecule has 11 nitrogen and oxygen atoms in total. The zero-order chi connectivity index (χ0) is 27.7. The second kappa shape index (κ2) is 16.1. The van der Waals surface area contributed by atoms with Crippen LogP contribution in [0.25, 0.3) is 6.08 Å². The highest BCUT2D eigenvalue weighted by molar-refractivity contribution is 7.93. The van der Waals surface area contributed by atoms with Gasteiger partial charge in [0.1, 0.15) is 17.7 Å². The van der Waals surface area contributed by atoms with Crippen LogP contribution in [-0.2, 0) is 19.6 Å². The number of piperidine rings is 1. The molecule has 1 heterocycles. The summed E-state index contributed by atoms with van der Waals surface area (Å²) in [5.41, 5.74) is 12.6. The summed E-state index contributed by atoms with van der Waals surface area (Å²) in [5.74, 6) is -2.36. The molecule has 40 heavy (non-hydrogen) atoms. The Morgan fingerprint density at radius 1 is 1.12 bits per heavy atom. The molecule has 1 amide bonds. The number of nitrogen functional groups attached to an aromatic ring is 1. The molecule has 0 bridgehead atoms. The number of primary amides is 1. The Balaban J connectivity index is 0.00000400. The number of amides is 1. The number of esters is 1. The average Bonchev–Trinajstić information content (AvgIpc) is 2.87. The Morgan fingerprint density at radius 2 is 1.82 bits per heavy atom. The van der Waals surface area contributed by atoms with Gasteiger partial charge in [0.2, 0.25) is 10.0 Å². The van der Waals surface area contributed by atoms with Gasteiger partial charge in [-0.1, -0.05) is 30.4 Å². The lowest BCUT2D eigenvalue weighted by molar-refractivity contribution is -0.139. The Bertz CT molecular complexity index is 1320. The number of carbonyl (C=O) groups is 2. The van der Waals surface area contributed by atoms with E-state index in [2.05, 4.69) is 5.32 Å². The van der Waals surface area contributed by atoms with E-state index in [1.807, 2.05) is 0 Å². The van der Waals surface area contributed by atoms with Gasteiger partial charge >= 0.3 is 5.97 Å². The van der Waals surface area contributed by atoms with Crippen LogP contribution in [-0.4, -0.2) is 64.2 Å². The number of ether oxygens (including phenoxy) is 2. The fourth-order valence-corrected chi connectivity index (χ4v) is 5.25. The van der Waals surface area contributed by atoms with Crippen molar-refractivity contribution in [3.63, 3.8) is 0 Å². The molecule has 0 radical (unpaired) electrons. The van der Waals surface area contributed by atoms with Crippen molar-refractivity contribution in [3.8, 4) is 5.75 Å². The molecule has 1 fully saturated rings. The van der Waals surface area contributed by atoms with E-state index < -0.39 is 27.7 Å². The number of benzene rings is 2. The topological polar surface area (TPSA) is 178 Å². The van der Waals surface area contributed by atoms with Crippen LogP contribution in [0, 0.1) is 5.41 Å². The lowest BCUT2D eigenvalue weighted by Gasteiger charge is -2.26. The molecular formula is C26H35Cl2N5O6S. The minimum Gasteiger partial charge on any atom is -0.489 e. The maximum atomic E-state index is 13.3. The van der Waals surface area contributed by atoms with Crippen LogP contribution in [0.4, 0.5) is 5.69 Å². The van der Waals surface area contributed by atoms with Crippen LogP contribution in [0.15, 0.2) is 48.5 Å². The van der Waals surface area contributed by atoms with Gasteiger partial charge in [-0.25, -0.2) is 8.42 Å². The van der Waals surface area contributed by atoms with Gasteiger partial charge in [-0.05, 0) is 62.7 Å². The third-order valence-electron chi connectivity index (χ3n) is 5.82. The van der Waals surface area contributed by atoms with E-state index >= 15 is 0 Å². The molecule has 0 aromatic heterocycles. The highest BCUT2D eigenvalue weighted by Crippen LogP contribution is 2.29. The normalized spacial score (nSPS) is 13.5. The summed E-state index contributed by atoms with van der Waals surface area (Å²) in [6.07, 6.45) is 4.68. The second-order valence-electron chi connectivity index (χ2n) is 8.65. The molecule has 0 saturated carbocycles. The summed E-state index contributed by atoms with van der Waals surface area (Å²) < 4.78 is 38.4. The summed E-state index contributed by atoms with van der Waals surface area (Å²) in [7, 11) is -4.20. The summed E-state index contributed by atoms with van der Waals surface area (Å²) >= 11 is 0. The quantitative estimate of drug-likeness (QED) is 0.160. The number of sulfonamides is 1. The maximum absolute atomic E-state index is 13.3. The lowest BCUT2D eigenvalue weighted by Crippen LogP contribution is -2.37. The first-order chi connectivity index (χ1) is 18.1. The third-order valence-corrected chi connectivity index (χ3v) is 7.45. The summed E-state index contributed by atoms with van der Waals surface area (Å²) in [4.78, 5) is 24.3. The largest absolute Gasteiger partial charge is 0.489 e. The van der Waals surface area contributed by atoms with Crippen molar-refractivity contribution in [1.29, 1.82) is 5.41 Å². The van der Waals surface area contributed by atoms with Crippen LogP contribution in [0.1, 0.15) is 41.3 Å². The van der Waals surface area contributed by atoms with Crippen LogP contribution in [0.3, 0.4) is 0 Å². The number of anilines is 1. The van der Waals surface area contributed by atoms with Crippen molar-refractivity contribution in [3.05, 3.63) is 65.2 Å². The first-order valence-corrected chi connectivity index (χ1v) is 13.8. The average molecular weight is 617 g/mol. The number of hydrogen-bond acceptors (Lipinski definition) is 8. The zero-order valence-corrected chi connectivity index (χ0v) is 24.4. The number of nitrogens with two attached hydrogens (primary N) is 2. The number of rotatable bonds is 12. The molecule has 1 aliphatic rings. The molecule has 2 aromatic carbocycles. The monoisotopic (exact) mass is 615 g/mol. The minimum atomic E-state index is -4.20. The van der Waals surface area contributed by atoms with Crippen LogP contribution < -0.4 is 25.8 Å². The molecule has 3 rings (SSSR count). The number of carbonyl (C=O) groups excluding carboxylic acids is 2. The van der Waals surface area contributed by atoms with Gasteiger partial charge in [-0.15, -0.1) is 24.8 Å². The van der Waals surface area contributed by atoms with Crippen LogP contribution in [0.5, 0.6) is 5.75 Å². The molecule has 6 N–H and O–H groups in total. The number of halogens is 2. The van der Waals surface area contributed by atoms with E-state index in [0.29, 0.717) is 11.1 Å². The van der Waals surface area contributed by atoms with E-state index in [1.165, 1.54) is 18.2 Å². The van der Waals surface area contributed by atoms with Gasteiger partial charge in [0.05, 0.1) is 24.4 Å². The molecule has 0 spiro atoms. The van der Waals surface area contributed by atoms with E-state index in [9.17, 15) is 18.0 Å². The van der Waals surface area contributed by atoms with Crippen molar-refractivity contribution in [1.82, 2.24) is 5.32 Å². The lowest BCUT2D eigenvalue weighted by atomic mass is 10.1.